The van der Waals surface area contributed by atoms with Gasteiger partial charge in [0.25, 0.3) is 5.19 Å². The molecule has 0 spiro atoms. The molecular weight excluding hydrogens is 252 g/mol. The summed E-state index contributed by atoms with van der Waals surface area (Å²) < 4.78 is 9.60. The molecule has 1 aromatic heterocycles. The summed E-state index contributed by atoms with van der Waals surface area (Å²) in [5.41, 5.74) is 0.116. The molecule has 1 heterocycles. The SMILES string of the molecule is CCCc1nsc(Oc2ccccc2C(=O)O)n1. The van der Waals surface area contributed by atoms with Gasteiger partial charge in [-0.25, -0.2) is 4.79 Å². The molecule has 5 nitrogen and oxygen atoms in total. The van der Waals surface area contributed by atoms with Crippen molar-refractivity contribution < 1.29 is 14.6 Å². The van der Waals surface area contributed by atoms with E-state index in [-0.39, 0.29) is 11.3 Å². The number of carboxylic acid groups (broad SMARTS) is 1. The van der Waals surface area contributed by atoms with Crippen LogP contribution in [0.1, 0.15) is 29.5 Å². The third-order valence-corrected chi connectivity index (χ3v) is 2.87. The van der Waals surface area contributed by atoms with Crippen molar-refractivity contribution in [2.45, 2.75) is 19.8 Å². The Bertz CT molecular complexity index is 554. The number of carboxylic acids is 1. The molecule has 0 atom stereocenters. The van der Waals surface area contributed by atoms with Crippen molar-refractivity contribution in [1.29, 1.82) is 0 Å². The van der Waals surface area contributed by atoms with Crippen LogP contribution in [0.15, 0.2) is 24.3 Å². The standard InChI is InChI=1S/C12H12N2O3S/c1-2-5-10-13-12(18-14-10)17-9-7-4-3-6-8(9)11(15)16/h3-4,6-7H,2,5H2,1H3,(H,15,16). The molecule has 0 saturated carbocycles. The lowest BCUT2D eigenvalue weighted by Crippen LogP contribution is -1.99. The zero-order valence-corrected chi connectivity index (χ0v) is 10.6. The molecule has 0 unspecified atom stereocenters. The van der Waals surface area contributed by atoms with Gasteiger partial charge in [-0.3, -0.25) is 0 Å². The molecular formula is C12H12N2O3S. The first kappa shape index (κ1) is 12.5. The summed E-state index contributed by atoms with van der Waals surface area (Å²) in [5.74, 6) is -0.0154. The molecule has 0 aliphatic rings. The van der Waals surface area contributed by atoms with Crippen LogP contribution in [0, 0.1) is 0 Å². The summed E-state index contributed by atoms with van der Waals surface area (Å²) in [6.07, 6.45) is 1.75. The summed E-state index contributed by atoms with van der Waals surface area (Å²) in [6, 6.07) is 6.46. The summed E-state index contributed by atoms with van der Waals surface area (Å²) in [7, 11) is 0. The number of nitrogens with zero attached hydrogens (tertiary/aromatic N) is 2. The minimum atomic E-state index is -1.02. The number of aromatic nitrogens is 2. The quantitative estimate of drug-likeness (QED) is 0.898. The average Bonchev–Trinajstić information content (AvgIpc) is 2.77. The Morgan fingerprint density at radius 3 is 2.94 bits per heavy atom. The van der Waals surface area contributed by atoms with Gasteiger partial charge in [-0.05, 0) is 18.6 Å². The highest BCUT2D eigenvalue weighted by Crippen LogP contribution is 2.26. The van der Waals surface area contributed by atoms with Crippen molar-refractivity contribution in [2.24, 2.45) is 0 Å². The number of rotatable bonds is 5. The van der Waals surface area contributed by atoms with Gasteiger partial charge in [-0.1, -0.05) is 19.1 Å². The molecule has 0 bridgehead atoms. The Hall–Kier alpha value is -1.95. The Labute approximate surface area is 108 Å². The van der Waals surface area contributed by atoms with Gasteiger partial charge >= 0.3 is 5.97 Å². The van der Waals surface area contributed by atoms with Crippen molar-refractivity contribution in [3.05, 3.63) is 35.7 Å². The fourth-order valence-electron chi connectivity index (χ4n) is 1.43. The van der Waals surface area contributed by atoms with Crippen molar-refractivity contribution in [2.75, 3.05) is 0 Å². The molecule has 18 heavy (non-hydrogen) atoms. The summed E-state index contributed by atoms with van der Waals surface area (Å²) >= 11 is 1.13. The second kappa shape index (κ2) is 5.59. The lowest BCUT2D eigenvalue weighted by Gasteiger charge is -2.04. The Balaban J connectivity index is 2.20. The first-order valence-electron chi connectivity index (χ1n) is 5.53. The summed E-state index contributed by atoms with van der Waals surface area (Å²) in [4.78, 5) is 15.2. The maximum atomic E-state index is 11.0. The van der Waals surface area contributed by atoms with Crippen molar-refractivity contribution in [3.8, 4) is 10.9 Å². The van der Waals surface area contributed by atoms with E-state index in [2.05, 4.69) is 9.36 Å². The van der Waals surface area contributed by atoms with Crippen LogP contribution >= 0.6 is 11.5 Å². The zero-order chi connectivity index (χ0) is 13.0. The minimum Gasteiger partial charge on any atom is -0.478 e. The monoisotopic (exact) mass is 264 g/mol. The van der Waals surface area contributed by atoms with E-state index in [0.717, 1.165) is 30.2 Å². The lowest BCUT2D eigenvalue weighted by atomic mass is 10.2. The first-order chi connectivity index (χ1) is 8.70. The van der Waals surface area contributed by atoms with Crippen molar-refractivity contribution >= 4 is 17.5 Å². The van der Waals surface area contributed by atoms with Crippen LogP contribution in [0.25, 0.3) is 0 Å². The molecule has 1 N–H and O–H groups in total. The fourth-order valence-corrected chi connectivity index (χ4v) is 2.02. The first-order valence-corrected chi connectivity index (χ1v) is 6.30. The van der Waals surface area contributed by atoms with Gasteiger partial charge < -0.3 is 9.84 Å². The number of para-hydroxylation sites is 1. The fraction of sp³-hybridized carbons (Fsp3) is 0.250. The number of ether oxygens (including phenoxy) is 1. The van der Waals surface area contributed by atoms with E-state index in [1.165, 1.54) is 6.07 Å². The maximum Gasteiger partial charge on any atom is 0.339 e. The van der Waals surface area contributed by atoms with Crippen LogP contribution in [0.3, 0.4) is 0 Å². The Morgan fingerprint density at radius 2 is 2.22 bits per heavy atom. The van der Waals surface area contributed by atoms with E-state index < -0.39 is 5.97 Å². The molecule has 0 radical (unpaired) electrons. The summed E-state index contributed by atoms with van der Waals surface area (Å²) in [5, 5.41) is 9.39. The molecule has 6 heteroatoms. The zero-order valence-electron chi connectivity index (χ0n) is 9.79. The van der Waals surface area contributed by atoms with Gasteiger partial charge in [-0.2, -0.15) is 9.36 Å². The van der Waals surface area contributed by atoms with Gasteiger partial charge in [0.15, 0.2) is 0 Å². The van der Waals surface area contributed by atoms with Crippen molar-refractivity contribution in [1.82, 2.24) is 9.36 Å². The number of carbonyl (C=O) groups is 1. The molecule has 1 aromatic carbocycles. The van der Waals surface area contributed by atoms with Gasteiger partial charge in [-0.15, -0.1) is 0 Å². The number of benzene rings is 1. The van der Waals surface area contributed by atoms with Crippen LogP contribution in [0.4, 0.5) is 0 Å². The Kier molecular flexibility index (Phi) is 3.88. The number of hydrogen-bond donors (Lipinski definition) is 1. The van der Waals surface area contributed by atoms with Crippen LogP contribution in [0.5, 0.6) is 10.9 Å². The van der Waals surface area contributed by atoms with Crippen LogP contribution < -0.4 is 4.74 Å². The van der Waals surface area contributed by atoms with E-state index in [4.69, 9.17) is 9.84 Å². The maximum absolute atomic E-state index is 11.0. The molecule has 2 aromatic rings. The second-order valence-electron chi connectivity index (χ2n) is 3.63. The summed E-state index contributed by atoms with van der Waals surface area (Å²) in [6.45, 7) is 2.04. The largest absolute Gasteiger partial charge is 0.478 e. The van der Waals surface area contributed by atoms with E-state index in [0.29, 0.717) is 5.19 Å². The van der Waals surface area contributed by atoms with Crippen molar-refractivity contribution in [3.63, 3.8) is 0 Å². The lowest BCUT2D eigenvalue weighted by molar-refractivity contribution is 0.0694. The molecule has 0 aliphatic carbocycles. The number of hydrogen-bond acceptors (Lipinski definition) is 5. The van der Waals surface area contributed by atoms with Gasteiger partial charge in [0.2, 0.25) is 0 Å². The molecule has 2 rings (SSSR count). The molecule has 94 valence electrons. The topological polar surface area (TPSA) is 72.3 Å². The Morgan fingerprint density at radius 1 is 1.44 bits per heavy atom. The van der Waals surface area contributed by atoms with Gasteiger partial charge in [0.1, 0.15) is 17.1 Å². The average molecular weight is 264 g/mol. The van der Waals surface area contributed by atoms with E-state index in [1.54, 1.807) is 18.2 Å². The van der Waals surface area contributed by atoms with Gasteiger partial charge in [0.05, 0.1) is 0 Å². The highest BCUT2D eigenvalue weighted by Gasteiger charge is 2.13. The predicted octanol–water partition coefficient (Wildman–Crippen LogP) is 2.98. The molecule has 0 amide bonds. The molecule has 0 fully saturated rings. The molecule has 0 aliphatic heterocycles. The van der Waals surface area contributed by atoms with E-state index in [9.17, 15) is 4.79 Å². The highest BCUT2D eigenvalue weighted by molar-refractivity contribution is 7.07. The third-order valence-electron chi connectivity index (χ3n) is 2.24. The predicted molar refractivity (Wildman–Crippen MR) is 67.4 cm³/mol. The minimum absolute atomic E-state index is 0.116. The highest BCUT2D eigenvalue weighted by atomic mass is 32.1. The van der Waals surface area contributed by atoms with Crippen LogP contribution in [-0.4, -0.2) is 20.4 Å². The molecule has 0 saturated heterocycles. The second-order valence-corrected chi connectivity index (χ2v) is 4.34. The van der Waals surface area contributed by atoms with Crippen LogP contribution in [-0.2, 0) is 6.42 Å². The van der Waals surface area contributed by atoms with Crippen LogP contribution in [0.2, 0.25) is 0 Å². The van der Waals surface area contributed by atoms with E-state index in [1.807, 2.05) is 6.92 Å². The normalized spacial score (nSPS) is 10.3. The van der Waals surface area contributed by atoms with E-state index >= 15 is 0 Å². The smallest absolute Gasteiger partial charge is 0.339 e. The number of aromatic carboxylic acids is 1. The third kappa shape index (κ3) is 2.84. The number of aryl methyl sites for hydroxylation is 1. The van der Waals surface area contributed by atoms with Gasteiger partial charge in [0, 0.05) is 18.0 Å².